The van der Waals surface area contributed by atoms with Crippen LogP contribution < -0.4 is 5.73 Å². The molecule has 7 heteroatoms. The van der Waals surface area contributed by atoms with Gasteiger partial charge in [0.15, 0.2) is 0 Å². The molecule has 0 aliphatic heterocycles. The van der Waals surface area contributed by atoms with Crippen molar-refractivity contribution in [1.82, 2.24) is 4.57 Å². The Kier molecular flexibility index (Phi) is 5.01. The van der Waals surface area contributed by atoms with Crippen molar-refractivity contribution in [3.63, 3.8) is 0 Å². The van der Waals surface area contributed by atoms with Crippen LogP contribution in [0.2, 0.25) is 5.02 Å². The maximum Gasteiger partial charge on any atom is 0.377 e. The van der Waals surface area contributed by atoms with Gasteiger partial charge in [-0.15, -0.1) is 0 Å². The Morgan fingerprint density at radius 3 is 2.48 bits per heavy atom. The number of carbonyl (C=O) groups excluding carboxylic acids is 2. The molecule has 0 atom stereocenters. The van der Waals surface area contributed by atoms with Gasteiger partial charge in [0.2, 0.25) is 5.91 Å². The molecule has 2 aromatic carbocycles. The van der Waals surface area contributed by atoms with Crippen molar-refractivity contribution in [3.05, 3.63) is 69.9 Å². The minimum absolute atomic E-state index is 0.0456. The molecule has 0 saturated carbocycles. The molecular formula is C20H17ClN2O4. The first-order valence-corrected chi connectivity index (χ1v) is 8.58. The number of hydrogen-bond acceptors (Lipinski definition) is 3. The summed E-state index contributed by atoms with van der Waals surface area (Å²) in [5.74, 6) is -3.13. The van der Waals surface area contributed by atoms with E-state index in [2.05, 4.69) is 0 Å². The monoisotopic (exact) mass is 384 g/mol. The van der Waals surface area contributed by atoms with Gasteiger partial charge in [0.1, 0.15) is 0 Å². The van der Waals surface area contributed by atoms with E-state index in [0.717, 1.165) is 11.3 Å². The largest absolute Gasteiger partial charge is 0.475 e. The first kappa shape index (κ1) is 18.7. The number of amides is 1. The number of rotatable bonds is 6. The number of benzene rings is 2. The van der Waals surface area contributed by atoms with Crippen LogP contribution in [-0.4, -0.2) is 27.3 Å². The van der Waals surface area contributed by atoms with E-state index >= 15 is 0 Å². The molecule has 0 aliphatic rings. The van der Waals surface area contributed by atoms with Crippen molar-refractivity contribution in [1.29, 1.82) is 0 Å². The standard InChI is InChI=1S/C20H17ClN2O4/c1-11-15(9-17(22)24)18-14(19(25)20(26)27)6-3-7-16(18)23(11)10-12-4-2-5-13(21)8-12/h2-8H,9-10H2,1H3,(H2,22,24)(H,26,27). The molecule has 0 aliphatic carbocycles. The summed E-state index contributed by atoms with van der Waals surface area (Å²) in [4.78, 5) is 35.0. The summed E-state index contributed by atoms with van der Waals surface area (Å²) in [7, 11) is 0. The molecule has 3 aromatic rings. The van der Waals surface area contributed by atoms with Crippen LogP contribution in [0, 0.1) is 6.92 Å². The number of carboxylic acids is 1. The van der Waals surface area contributed by atoms with Gasteiger partial charge in [0.25, 0.3) is 5.78 Å². The lowest BCUT2D eigenvalue weighted by Crippen LogP contribution is -2.16. The van der Waals surface area contributed by atoms with Crippen molar-refractivity contribution in [3.8, 4) is 0 Å². The lowest BCUT2D eigenvalue weighted by molar-refractivity contribution is -0.131. The highest BCUT2D eigenvalue weighted by Crippen LogP contribution is 2.31. The fraction of sp³-hybridized carbons (Fsp3) is 0.150. The quantitative estimate of drug-likeness (QED) is 0.503. The minimum atomic E-state index is -1.55. The van der Waals surface area contributed by atoms with Crippen molar-refractivity contribution in [2.45, 2.75) is 19.9 Å². The summed E-state index contributed by atoms with van der Waals surface area (Å²) >= 11 is 6.06. The molecule has 1 heterocycles. The molecule has 1 amide bonds. The van der Waals surface area contributed by atoms with E-state index in [-0.39, 0.29) is 12.0 Å². The van der Waals surface area contributed by atoms with Gasteiger partial charge < -0.3 is 15.4 Å². The smallest absolute Gasteiger partial charge is 0.377 e. The van der Waals surface area contributed by atoms with Gasteiger partial charge in [0.05, 0.1) is 6.42 Å². The number of hydrogen-bond donors (Lipinski definition) is 2. The molecule has 138 valence electrons. The number of nitrogens with two attached hydrogens (primary N) is 1. The lowest BCUT2D eigenvalue weighted by atomic mass is 9.99. The van der Waals surface area contributed by atoms with E-state index in [1.165, 1.54) is 6.07 Å². The Morgan fingerprint density at radius 2 is 1.85 bits per heavy atom. The molecular weight excluding hydrogens is 368 g/mol. The zero-order chi connectivity index (χ0) is 19.7. The van der Waals surface area contributed by atoms with Crippen molar-refractivity contribution >= 4 is 40.2 Å². The van der Waals surface area contributed by atoms with Crippen LogP contribution in [-0.2, 0) is 22.6 Å². The zero-order valence-corrected chi connectivity index (χ0v) is 15.3. The number of primary amides is 1. The van der Waals surface area contributed by atoms with Gasteiger partial charge >= 0.3 is 5.97 Å². The maximum atomic E-state index is 12.2. The summed E-state index contributed by atoms with van der Waals surface area (Å²) < 4.78 is 1.93. The SMILES string of the molecule is Cc1c(CC(N)=O)c2c(C(=O)C(=O)O)cccc2n1Cc1cccc(Cl)c1. The summed E-state index contributed by atoms with van der Waals surface area (Å²) in [5, 5.41) is 10.2. The Hall–Kier alpha value is -3.12. The van der Waals surface area contributed by atoms with Gasteiger partial charge in [-0.25, -0.2) is 4.79 Å². The molecule has 1 aromatic heterocycles. The third-order valence-electron chi connectivity index (χ3n) is 4.50. The molecule has 6 nitrogen and oxygen atoms in total. The molecule has 0 saturated heterocycles. The van der Waals surface area contributed by atoms with Crippen LogP contribution >= 0.6 is 11.6 Å². The number of aromatic nitrogens is 1. The van der Waals surface area contributed by atoms with E-state index < -0.39 is 17.7 Å². The Bertz CT molecular complexity index is 1090. The van der Waals surface area contributed by atoms with Crippen LogP contribution in [0.1, 0.15) is 27.2 Å². The number of aliphatic carboxylic acids is 1. The lowest BCUT2D eigenvalue weighted by Gasteiger charge is -2.09. The molecule has 0 bridgehead atoms. The maximum absolute atomic E-state index is 12.2. The second kappa shape index (κ2) is 7.25. The topological polar surface area (TPSA) is 102 Å². The fourth-order valence-electron chi connectivity index (χ4n) is 3.32. The van der Waals surface area contributed by atoms with Gasteiger partial charge in [-0.2, -0.15) is 0 Å². The van der Waals surface area contributed by atoms with E-state index in [9.17, 15) is 14.4 Å². The number of Topliss-reactive ketones (excluding diaryl/α,β-unsaturated/α-hetero) is 1. The van der Waals surface area contributed by atoms with Crippen LogP contribution in [0.5, 0.6) is 0 Å². The molecule has 0 spiro atoms. The molecule has 0 radical (unpaired) electrons. The number of carbonyl (C=O) groups is 3. The van der Waals surface area contributed by atoms with Gasteiger partial charge in [0, 0.05) is 33.7 Å². The van der Waals surface area contributed by atoms with E-state index in [4.69, 9.17) is 22.4 Å². The first-order chi connectivity index (χ1) is 12.8. The summed E-state index contributed by atoms with van der Waals surface area (Å²) in [6.07, 6.45) is -0.0885. The predicted molar refractivity (Wildman–Crippen MR) is 102 cm³/mol. The molecule has 27 heavy (non-hydrogen) atoms. The molecule has 0 fully saturated rings. The molecule has 3 N–H and O–H groups in total. The van der Waals surface area contributed by atoms with Crippen LogP contribution in [0.3, 0.4) is 0 Å². The molecule has 3 rings (SSSR count). The highest BCUT2D eigenvalue weighted by atomic mass is 35.5. The third-order valence-corrected chi connectivity index (χ3v) is 4.73. The Morgan fingerprint density at radius 1 is 1.15 bits per heavy atom. The van der Waals surface area contributed by atoms with E-state index in [1.54, 1.807) is 18.2 Å². The first-order valence-electron chi connectivity index (χ1n) is 8.20. The highest BCUT2D eigenvalue weighted by molar-refractivity contribution is 6.42. The van der Waals surface area contributed by atoms with Gasteiger partial charge in [-0.05, 0) is 36.2 Å². The third kappa shape index (κ3) is 3.57. The number of fused-ring (bicyclic) bond motifs is 1. The minimum Gasteiger partial charge on any atom is -0.475 e. The normalized spacial score (nSPS) is 10.9. The van der Waals surface area contributed by atoms with Crippen LogP contribution in [0.25, 0.3) is 10.9 Å². The Labute approximate surface area is 160 Å². The zero-order valence-electron chi connectivity index (χ0n) is 14.5. The number of halogens is 1. The molecule has 0 unspecified atom stereocenters. The van der Waals surface area contributed by atoms with Crippen molar-refractivity contribution < 1.29 is 19.5 Å². The van der Waals surface area contributed by atoms with Gasteiger partial charge in [-0.1, -0.05) is 35.9 Å². The number of carboxylic acid groups (broad SMARTS) is 1. The van der Waals surface area contributed by atoms with Crippen LogP contribution in [0.4, 0.5) is 0 Å². The fourth-order valence-corrected chi connectivity index (χ4v) is 3.54. The second-order valence-electron chi connectivity index (χ2n) is 6.26. The summed E-state index contributed by atoms with van der Waals surface area (Å²) in [5.41, 5.74) is 8.33. The number of ketones is 1. The second-order valence-corrected chi connectivity index (χ2v) is 6.69. The van der Waals surface area contributed by atoms with Gasteiger partial charge in [-0.3, -0.25) is 9.59 Å². The average Bonchev–Trinajstić information content (AvgIpc) is 2.86. The van der Waals surface area contributed by atoms with Crippen LogP contribution in [0.15, 0.2) is 42.5 Å². The van der Waals surface area contributed by atoms with Crippen molar-refractivity contribution in [2.75, 3.05) is 0 Å². The highest BCUT2D eigenvalue weighted by Gasteiger charge is 2.24. The van der Waals surface area contributed by atoms with Crippen molar-refractivity contribution in [2.24, 2.45) is 5.73 Å². The number of nitrogens with zero attached hydrogens (tertiary/aromatic N) is 1. The predicted octanol–water partition coefficient (Wildman–Crippen LogP) is 2.95. The van der Waals surface area contributed by atoms with E-state index in [0.29, 0.717) is 28.0 Å². The summed E-state index contributed by atoms with van der Waals surface area (Å²) in [6.45, 7) is 2.27. The van der Waals surface area contributed by atoms with E-state index in [1.807, 2.05) is 29.7 Å². The summed E-state index contributed by atoms with van der Waals surface area (Å²) in [6, 6.07) is 12.2. The Balaban J connectivity index is 2.27. The average molecular weight is 385 g/mol.